The molecule has 1 fully saturated rings. The van der Waals surface area contributed by atoms with Crippen molar-refractivity contribution in [3.05, 3.63) is 12.4 Å². The third-order valence-electron chi connectivity index (χ3n) is 3.02. The van der Waals surface area contributed by atoms with E-state index in [4.69, 9.17) is 4.74 Å². The van der Waals surface area contributed by atoms with Crippen molar-refractivity contribution in [3.8, 4) is 5.75 Å². The van der Waals surface area contributed by atoms with Gasteiger partial charge >= 0.3 is 0 Å². The molecule has 1 aromatic rings. The third kappa shape index (κ3) is 2.28. The fourth-order valence-electron chi connectivity index (χ4n) is 2.18. The molecule has 0 aromatic carbocycles. The number of nitrogens with zero attached hydrogens (tertiary/aromatic N) is 2. The Morgan fingerprint density at radius 3 is 2.86 bits per heavy atom. The third-order valence-corrected chi connectivity index (χ3v) is 3.02. The van der Waals surface area contributed by atoms with E-state index < -0.39 is 0 Å². The van der Waals surface area contributed by atoms with E-state index in [1.807, 2.05) is 10.9 Å². The lowest BCUT2D eigenvalue weighted by molar-refractivity contribution is 0.307. The van der Waals surface area contributed by atoms with Gasteiger partial charge in [-0.15, -0.1) is 0 Å². The molecule has 0 bridgehead atoms. The van der Waals surface area contributed by atoms with Crippen LogP contribution in [0.4, 0.5) is 0 Å². The molecular formula is C11H18N2O. The molecule has 0 N–H and O–H groups in total. The van der Waals surface area contributed by atoms with Gasteiger partial charge in [0, 0.05) is 6.54 Å². The smallest absolute Gasteiger partial charge is 0.156 e. The molecule has 1 aliphatic rings. The van der Waals surface area contributed by atoms with Gasteiger partial charge in [0.25, 0.3) is 0 Å². The van der Waals surface area contributed by atoms with Gasteiger partial charge in [0.05, 0.1) is 19.5 Å². The van der Waals surface area contributed by atoms with Crippen LogP contribution in [0.1, 0.15) is 32.1 Å². The second-order valence-corrected chi connectivity index (χ2v) is 4.11. The van der Waals surface area contributed by atoms with Crippen LogP contribution in [-0.2, 0) is 6.54 Å². The number of hydrogen-bond donors (Lipinski definition) is 0. The van der Waals surface area contributed by atoms with E-state index in [2.05, 4.69) is 5.10 Å². The summed E-state index contributed by atoms with van der Waals surface area (Å²) in [6, 6.07) is 0. The van der Waals surface area contributed by atoms with Crippen molar-refractivity contribution in [1.82, 2.24) is 9.78 Å². The van der Waals surface area contributed by atoms with Crippen LogP contribution >= 0.6 is 0 Å². The van der Waals surface area contributed by atoms with Gasteiger partial charge in [0.15, 0.2) is 5.75 Å². The average Bonchev–Trinajstić information content (AvgIpc) is 2.67. The van der Waals surface area contributed by atoms with Crippen molar-refractivity contribution in [2.24, 2.45) is 5.92 Å². The maximum absolute atomic E-state index is 5.10. The summed E-state index contributed by atoms with van der Waals surface area (Å²) in [7, 11) is 1.68. The number of rotatable bonds is 3. The van der Waals surface area contributed by atoms with Crippen LogP contribution in [0.5, 0.6) is 5.75 Å². The lowest BCUT2D eigenvalue weighted by atomic mass is 9.89. The predicted octanol–water partition coefficient (Wildman–Crippen LogP) is 2.47. The molecule has 0 radical (unpaired) electrons. The van der Waals surface area contributed by atoms with E-state index >= 15 is 0 Å². The quantitative estimate of drug-likeness (QED) is 0.739. The highest BCUT2D eigenvalue weighted by atomic mass is 16.5. The summed E-state index contributed by atoms with van der Waals surface area (Å²) in [5.41, 5.74) is 0. The van der Waals surface area contributed by atoms with E-state index in [0.717, 1.165) is 18.2 Å². The molecule has 1 saturated carbocycles. The molecule has 2 rings (SSSR count). The monoisotopic (exact) mass is 194 g/mol. The summed E-state index contributed by atoms with van der Waals surface area (Å²) >= 11 is 0. The molecule has 1 aromatic heterocycles. The summed E-state index contributed by atoms with van der Waals surface area (Å²) in [5, 5.41) is 4.27. The molecule has 3 nitrogen and oxygen atoms in total. The number of ether oxygens (including phenoxy) is 1. The molecule has 3 heteroatoms. The minimum absolute atomic E-state index is 0.827. The van der Waals surface area contributed by atoms with Gasteiger partial charge in [-0.3, -0.25) is 4.68 Å². The van der Waals surface area contributed by atoms with Crippen LogP contribution in [-0.4, -0.2) is 16.9 Å². The van der Waals surface area contributed by atoms with Gasteiger partial charge in [-0.1, -0.05) is 19.3 Å². The standard InChI is InChI=1S/C11H18N2O/c1-14-11-7-12-13(9-11)8-10-5-3-2-4-6-10/h7,9-10H,2-6,8H2,1H3. The second-order valence-electron chi connectivity index (χ2n) is 4.11. The zero-order valence-electron chi connectivity index (χ0n) is 8.78. The highest BCUT2D eigenvalue weighted by Gasteiger charge is 2.14. The zero-order chi connectivity index (χ0) is 9.80. The first-order valence-corrected chi connectivity index (χ1v) is 5.45. The van der Waals surface area contributed by atoms with E-state index in [1.165, 1.54) is 32.1 Å². The van der Waals surface area contributed by atoms with Crippen LogP contribution in [0.3, 0.4) is 0 Å². The predicted molar refractivity (Wildman–Crippen MR) is 55.4 cm³/mol. The summed E-state index contributed by atoms with van der Waals surface area (Å²) in [6.45, 7) is 1.06. The molecule has 0 aliphatic heterocycles. The lowest BCUT2D eigenvalue weighted by Crippen LogP contribution is -2.14. The summed E-state index contributed by atoms with van der Waals surface area (Å²) in [6.07, 6.45) is 10.7. The molecule has 78 valence electrons. The highest BCUT2D eigenvalue weighted by molar-refractivity contribution is 5.11. The van der Waals surface area contributed by atoms with Crippen molar-refractivity contribution >= 4 is 0 Å². The molecule has 14 heavy (non-hydrogen) atoms. The van der Waals surface area contributed by atoms with Crippen LogP contribution in [0, 0.1) is 5.92 Å². The largest absolute Gasteiger partial charge is 0.493 e. The van der Waals surface area contributed by atoms with Crippen molar-refractivity contribution in [3.63, 3.8) is 0 Å². The first-order chi connectivity index (χ1) is 6.88. The Morgan fingerprint density at radius 2 is 2.21 bits per heavy atom. The SMILES string of the molecule is COc1cnn(CC2CCCCC2)c1. The van der Waals surface area contributed by atoms with Gasteiger partial charge in [0.1, 0.15) is 0 Å². The minimum Gasteiger partial charge on any atom is -0.493 e. The molecule has 1 heterocycles. The zero-order valence-corrected chi connectivity index (χ0v) is 8.78. The summed E-state index contributed by atoms with van der Waals surface area (Å²) in [5.74, 6) is 1.69. The van der Waals surface area contributed by atoms with Crippen LogP contribution in [0.25, 0.3) is 0 Å². The lowest BCUT2D eigenvalue weighted by Gasteiger charge is -2.21. The molecule has 0 amide bonds. The maximum Gasteiger partial charge on any atom is 0.156 e. The Balaban J connectivity index is 1.89. The van der Waals surface area contributed by atoms with Crippen LogP contribution < -0.4 is 4.74 Å². The minimum atomic E-state index is 0.827. The first-order valence-electron chi connectivity index (χ1n) is 5.45. The highest BCUT2D eigenvalue weighted by Crippen LogP contribution is 2.25. The Labute approximate surface area is 85.1 Å². The topological polar surface area (TPSA) is 27.1 Å². The molecular weight excluding hydrogens is 176 g/mol. The Morgan fingerprint density at radius 1 is 1.43 bits per heavy atom. The van der Waals surface area contributed by atoms with Crippen molar-refractivity contribution in [1.29, 1.82) is 0 Å². The van der Waals surface area contributed by atoms with Gasteiger partial charge in [-0.2, -0.15) is 5.10 Å². The van der Waals surface area contributed by atoms with E-state index in [-0.39, 0.29) is 0 Å². The Hall–Kier alpha value is -0.990. The normalized spacial score (nSPS) is 18.4. The molecule has 0 unspecified atom stereocenters. The Kier molecular flexibility index (Phi) is 3.07. The maximum atomic E-state index is 5.10. The van der Waals surface area contributed by atoms with E-state index in [0.29, 0.717) is 0 Å². The van der Waals surface area contributed by atoms with Crippen molar-refractivity contribution in [2.75, 3.05) is 7.11 Å². The second kappa shape index (κ2) is 4.49. The number of hydrogen-bond acceptors (Lipinski definition) is 2. The number of aromatic nitrogens is 2. The fourth-order valence-corrected chi connectivity index (χ4v) is 2.18. The van der Waals surface area contributed by atoms with E-state index in [1.54, 1.807) is 13.3 Å². The first kappa shape index (κ1) is 9.56. The van der Waals surface area contributed by atoms with E-state index in [9.17, 15) is 0 Å². The van der Waals surface area contributed by atoms with Crippen LogP contribution in [0.2, 0.25) is 0 Å². The molecule has 1 aliphatic carbocycles. The summed E-state index contributed by atoms with van der Waals surface area (Å²) < 4.78 is 7.11. The van der Waals surface area contributed by atoms with Crippen molar-refractivity contribution in [2.45, 2.75) is 38.6 Å². The van der Waals surface area contributed by atoms with Gasteiger partial charge in [-0.25, -0.2) is 0 Å². The van der Waals surface area contributed by atoms with Crippen LogP contribution in [0.15, 0.2) is 12.4 Å². The summed E-state index contributed by atoms with van der Waals surface area (Å²) in [4.78, 5) is 0. The van der Waals surface area contributed by atoms with Gasteiger partial charge < -0.3 is 4.74 Å². The molecule has 0 atom stereocenters. The van der Waals surface area contributed by atoms with Gasteiger partial charge in [-0.05, 0) is 18.8 Å². The van der Waals surface area contributed by atoms with Crippen molar-refractivity contribution < 1.29 is 4.74 Å². The Bertz CT molecular complexity index is 277. The average molecular weight is 194 g/mol. The number of methoxy groups -OCH3 is 1. The fraction of sp³-hybridized carbons (Fsp3) is 0.727. The molecule has 0 saturated heterocycles. The van der Waals surface area contributed by atoms with Gasteiger partial charge in [0.2, 0.25) is 0 Å². The molecule has 0 spiro atoms.